The molecule has 4 nitrogen and oxygen atoms in total. The Morgan fingerprint density at radius 2 is 1.27 bits per heavy atom. The van der Waals surface area contributed by atoms with Crippen molar-refractivity contribution in [2.75, 3.05) is 19.0 Å². The lowest BCUT2D eigenvalue weighted by Gasteiger charge is -2.31. The topological polar surface area (TPSA) is 49.8 Å². The lowest BCUT2D eigenvalue weighted by molar-refractivity contribution is -0.0205. The Kier molecular flexibility index (Phi) is 4.39. The van der Waals surface area contributed by atoms with Gasteiger partial charge in [0.25, 0.3) is 0 Å². The van der Waals surface area contributed by atoms with Crippen LogP contribution < -0.4 is 4.90 Å². The van der Waals surface area contributed by atoms with E-state index in [9.17, 15) is 9.90 Å². The molecule has 1 aliphatic rings. The first-order valence-electron chi connectivity index (χ1n) is 11.1. The molecule has 0 fully saturated rings. The zero-order valence-corrected chi connectivity index (χ0v) is 18.4. The number of nitrogens with zero attached hydrogens (tertiary/aromatic N) is 1. The van der Waals surface area contributed by atoms with Gasteiger partial charge in [-0.3, -0.25) is 0 Å². The summed E-state index contributed by atoms with van der Waals surface area (Å²) in [5, 5.41) is 18.0. The molecule has 0 bridgehead atoms. The van der Waals surface area contributed by atoms with Crippen LogP contribution in [-0.4, -0.2) is 25.2 Å². The highest BCUT2D eigenvalue weighted by atomic mass is 16.6. The number of benzene rings is 5. The van der Waals surface area contributed by atoms with Gasteiger partial charge in [0.1, 0.15) is 6.10 Å². The molecule has 162 valence electrons. The number of hydrogen-bond donors (Lipinski definition) is 1. The zero-order chi connectivity index (χ0) is 22.7. The van der Waals surface area contributed by atoms with E-state index in [-0.39, 0.29) is 0 Å². The SMILES string of the molecule is CN(C)c1ccc(C(=O)OC2c3cccc4c5ccccc5c5cccc(c5c34)C2O)cc1. The van der Waals surface area contributed by atoms with Crippen LogP contribution in [-0.2, 0) is 4.74 Å². The minimum Gasteiger partial charge on any atom is -0.451 e. The third kappa shape index (κ3) is 2.91. The number of hydrogen-bond acceptors (Lipinski definition) is 4. The van der Waals surface area contributed by atoms with E-state index in [4.69, 9.17) is 4.74 Å². The van der Waals surface area contributed by atoms with E-state index >= 15 is 0 Å². The van der Waals surface area contributed by atoms with Crippen LogP contribution in [0.15, 0.2) is 84.9 Å². The second-order valence-corrected chi connectivity index (χ2v) is 8.80. The molecule has 0 saturated heterocycles. The van der Waals surface area contributed by atoms with Crippen LogP contribution in [0.25, 0.3) is 32.3 Å². The largest absolute Gasteiger partial charge is 0.451 e. The minimum atomic E-state index is -0.946. The van der Waals surface area contributed by atoms with Crippen molar-refractivity contribution in [3.8, 4) is 0 Å². The first-order chi connectivity index (χ1) is 16.0. The smallest absolute Gasteiger partial charge is 0.338 e. The quantitative estimate of drug-likeness (QED) is 0.274. The molecule has 33 heavy (non-hydrogen) atoms. The summed E-state index contributed by atoms with van der Waals surface area (Å²) in [5.41, 5.74) is 3.10. The average molecular weight is 434 g/mol. The van der Waals surface area contributed by atoms with Gasteiger partial charge in [-0.15, -0.1) is 0 Å². The molecule has 1 aliphatic carbocycles. The van der Waals surface area contributed by atoms with Gasteiger partial charge in [0.05, 0.1) is 5.56 Å². The van der Waals surface area contributed by atoms with E-state index < -0.39 is 18.2 Å². The number of carbonyl (C=O) groups is 1. The predicted molar refractivity (Wildman–Crippen MR) is 133 cm³/mol. The van der Waals surface area contributed by atoms with Gasteiger partial charge in [-0.1, -0.05) is 60.7 Å². The van der Waals surface area contributed by atoms with Crippen LogP contribution in [0.4, 0.5) is 5.69 Å². The van der Waals surface area contributed by atoms with Gasteiger partial charge in [0.15, 0.2) is 6.10 Å². The van der Waals surface area contributed by atoms with Gasteiger partial charge in [0, 0.05) is 25.3 Å². The van der Waals surface area contributed by atoms with E-state index in [1.807, 2.05) is 67.5 Å². The van der Waals surface area contributed by atoms with E-state index in [0.717, 1.165) is 49.1 Å². The van der Waals surface area contributed by atoms with E-state index in [0.29, 0.717) is 5.56 Å². The van der Waals surface area contributed by atoms with Crippen molar-refractivity contribution in [3.63, 3.8) is 0 Å². The molecule has 2 unspecified atom stereocenters. The van der Waals surface area contributed by atoms with E-state index in [1.165, 1.54) is 0 Å². The second-order valence-electron chi connectivity index (χ2n) is 8.80. The number of rotatable bonds is 3. The zero-order valence-electron chi connectivity index (χ0n) is 18.4. The fourth-order valence-corrected chi connectivity index (χ4v) is 5.12. The molecular weight excluding hydrogens is 410 g/mol. The Morgan fingerprint density at radius 1 is 0.727 bits per heavy atom. The van der Waals surface area contributed by atoms with Crippen molar-refractivity contribution in [2.45, 2.75) is 12.2 Å². The number of carbonyl (C=O) groups excluding carboxylic acids is 1. The maximum Gasteiger partial charge on any atom is 0.338 e. The molecule has 5 aromatic carbocycles. The van der Waals surface area contributed by atoms with Crippen molar-refractivity contribution in [1.29, 1.82) is 0 Å². The van der Waals surface area contributed by atoms with Crippen molar-refractivity contribution in [1.82, 2.24) is 0 Å². The van der Waals surface area contributed by atoms with Gasteiger partial charge in [-0.25, -0.2) is 4.79 Å². The molecule has 0 heterocycles. The summed E-state index contributed by atoms with van der Waals surface area (Å²) in [5.74, 6) is -0.447. The molecule has 0 saturated carbocycles. The van der Waals surface area contributed by atoms with Crippen molar-refractivity contribution in [3.05, 3.63) is 102 Å². The van der Waals surface area contributed by atoms with Crippen LogP contribution in [0.1, 0.15) is 33.7 Å². The molecule has 0 aliphatic heterocycles. The number of aliphatic hydroxyl groups excluding tert-OH is 1. The molecule has 0 spiro atoms. The molecule has 5 aromatic rings. The Balaban J connectivity index is 1.53. The fraction of sp³-hybridized carbons (Fsp3) is 0.138. The molecule has 4 heteroatoms. The maximum absolute atomic E-state index is 13.1. The monoisotopic (exact) mass is 433 g/mol. The summed E-state index contributed by atoms with van der Waals surface area (Å²) in [6.07, 6.45) is -1.73. The number of ether oxygens (including phenoxy) is 1. The highest BCUT2D eigenvalue weighted by Crippen LogP contribution is 2.49. The lowest BCUT2D eigenvalue weighted by Crippen LogP contribution is -2.22. The summed E-state index contributed by atoms with van der Waals surface area (Å²) in [7, 11) is 3.90. The Labute approximate surface area is 191 Å². The summed E-state index contributed by atoms with van der Waals surface area (Å²) in [6.45, 7) is 0. The van der Waals surface area contributed by atoms with Gasteiger partial charge < -0.3 is 14.7 Å². The lowest BCUT2D eigenvalue weighted by atomic mass is 9.80. The van der Waals surface area contributed by atoms with Crippen molar-refractivity contribution >= 4 is 44.0 Å². The maximum atomic E-state index is 13.1. The highest BCUT2D eigenvalue weighted by Gasteiger charge is 2.35. The number of fused-ring (bicyclic) bond motifs is 3. The first-order valence-corrected chi connectivity index (χ1v) is 11.1. The van der Waals surface area contributed by atoms with Gasteiger partial charge in [-0.2, -0.15) is 0 Å². The molecule has 6 rings (SSSR count). The van der Waals surface area contributed by atoms with Crippen LogP contribution in [0.3, 0.4) is 0 Å². The Morgan fingerprint density at radius 3 is 1.88 bits per heavy atom. The predicted octanol–water partition coefficient (Wildman–Crippen LogP) is 6.16. The Bertz CT molecular complexity index is 1550. The van der Waals surface area contributed by atoms with Crippen molar-refractivity contribution < 1.29 is 14.6 Å². The molecule has 1 N–H and O–H groups in total. The standard InChI is InChI=1S/C29H23NO3/c1-30(2)18-15-13-17(14-16-18)29(32)33-28-24-12-6-10-22-20-8-4-3-7-19(20)21-9-5-11-23(27(28)31)25(21)26(22)24/h3-16,27-28,31H,1-2H3. The van der Waals surface area contributed by atoms with E-state index in [1.54, 1.807) is 12.1 Å². The summed E-state index contributed by atoms with van der Waals surface area (Å²) in [4.78, 5) is 15.1. The fourth-order valence-electron chi connectivity index (χ4n) is 5.12. The number of anilines is 1. The highest BCUT2D eigenvalue weighted by molar-refractivity contribution is 6.27. The third-order valence-corrected chi connectivity index (χ3v) is 6.72. The number of esters is 1. The van der Waals surface area contributed by atoms with Crippen LogP contribution in [0, 0.1) is 0 Å². The average Bonchev–Trinajstić information content (AvgIpc) is 2.85. The van der Waals surface area contributed by atoms with Crippen LogP contribution >= 0.6 is 0 Å². The molecule has 0 amide bonds. The third-order valence-electron chi connectivity index (χ3n) is 6.72. The summed E-state index contributed by atoms with van der Waals surface area (Å²) in [6, 6.07) is 27.7. The van der Waals surface area contributed by atoms with Crippen LogP contribution in [0.2, 0.25) is 0 Å². The number of aliphatic hydroxyl groups is 1. The van der Waals surface area contributed by atoms with Crippen molar-refractivity contribution in [2.24, 2.45) is 0 Å². The Hall–Kier alpha value is -3.89. The molecular formula is C29H23NO3. The molecule has 2 atom stereocenters. The summed E-state index contributed by atoms with van der Waals surface area (Å²) >= 11 is 0. The second kappa shape index (κ2) is 7.32. The van der Waals surface area contributed by atoms with E-state index in [2.05, 4.69) is 24.3 Å². The first kappa shape index (κ1) is 19.8. The van der Waals surface area contributed by atoms with Crippen LogP contribution in [0.5, 0.6) is 0 Å². The normalized spacial score (nSPS) is 17.1. The van der Waals surface area contributed by atoms with Gasteiger partial charge >= 0.3 is 5.97 Å². The van der Waals surface area contributed by atoms with Gasteiger partial charge in [-0.05, 0) is 62.1 Å². The van der Waals surface area contributed by atoms with Gasteiger partial charge in [0.2, 0.25) is 0 Å². The molecule has 0 radical (unpaired) electrons. The summed E-state index contributed by atoms with van der Waals surface area (Å²) < 4.78 is 5.98. The minimum absolute atomic E-state index is 0.447. The molecule has 0 aromatic heterocycles.